The maximum atomic E-state index is 8.96. The minimum absolute atomic E-state index is 0.587. The van der Waals surface area contributed by atoms with Crippen LogP contribution in [-0.4, -0.2) is 9.77 Å². The van der Waals surface area contributed by atoms with E-state index in [2.05, 4.69) is 46.1 Å². The maximum absolute atomic E-state index is 8.96. The molecule has 0 saturated carbocycles. The largest absolute Gasteiger partial charge is 0.410 e. The Hall–Kier alpha value is -2.55. The fraction of sp³-hybridized carbons (Fsp3) is 0.0625. The van der Waals surface area contributed by atoms with E-state index < -0.39 is 0 Å². The number of aromatic nitrogens is 1. The molecule has 2 aliphatic heterocycles. The maximum Gasteiger partial charge on any atom is 0.104 e. The summed E-state index contributed by atoms with van der Waals surface area (Å²) >= 11 is 0. The van der Waals surface area contributed by atoms with Gasteiger partial charge in [0.05, 0.1) is 5.69 Å². The number of fused-ring (bicyclic) bond motifs is 6. The topological polar surface area (TPSA) is 37.5 Å². The molecule has 2 heterocycles. The molecule has 1 N–H and O–H groups in total. The average molecular weight is 248 g/mol. The van der Waals surface area contributed by atoms with Crippen molar-refractivity contribution in [2.45, 2.75) is 6.54 Å². The Morgan fingerprint density at radius 2 is 1.89 bits per heavy atom. The first-order valence-corrected chi connectivity index (χ1v) is 6.28. The van der Waals surface area contributed by atoms with Gasteiger partial charge in [-0.25, -0.2) is 0 Å². The van der Waals surface area contributed by atoms with Gasteiger partial charge in [-0.15, -0.1) is 0 Å². The van der Waals surface area contributed by atoms with Gasteiger partial charge in [0, 0.05) is 23.2 Å². The predicted molar refractivity (Wildman–Crippen MR) is 74.9 cm³/mol. The predicted octanol–water partition coefficient (Wildman–Crippen LogP) is 3.06. The number of nitrogens with zero attached hydrogens (tertiary/aromatic N) is 2. The van der Waals surface area contributed by atoms with Crippen LogP contribution in [0.1, 0.15) is 5.69 Å². The molecule has 0 fully saturated rings. The molecule has 92 valence electrons. The van der Waals surface area contributed by atoms with Crippen molar-refractivity contribution >= 4 is 16.8 Å². The smallest absolute Gasteiger partial charge is 0.104 e. The van der Waals surface area contributed by atoms with Crippen LogP contribution < -0.4 is 5.36 Å². The lowest BCUT2D eigenvalue weighted by atomic mass is 9.99. The molecule has 1 aliphatic carbocycles. The molecule has 0 radical (unpaired) electrons. The zero-order valence-electron chi connectivity index (χ0n) is 10.2. The first-order valence-electron chi connectivity index (χ1n) is 6.28. The van der Waals surface area contributed by atoms with Crippen molar-refractivity contribution in [3.63, 3.8) is 0 Å². The lowest BCUT2D eigenvalue weighted by Crippen LogP contribution is -2.09. The van der Waals surface area contributed by atoms with Gasteiger partial charge < -0.3 is 9.77 Å². The van der Waals surface area contributed by atoms with Crippen molar-refractivity contribution < 1.29 is 5.21 Å². The van der Waals surface area contributed by atoms with E-state index in [0.717, 1.165) is 12.2 Å². The van der Waals surface area contributed by atoms with Crippen molar-refractivity contribution in [2.24, 2.45) is 5.16 Å². The summed E-state index contributed by atoms with van der Waals surface area (Å²) in [4.78, 5) is 0. The standard InChI is InChI=1S/C16H12N2O/c19-17-11-7-8-14-12-4-1-2-5-13(12)15-6-3-9-18(15)16(14)10-11/h1-8,10,19H,9H2. The van der Waals surface area contributed by atoms with Crippen LogP contribution in [0, 0.1) is 0 Å². The van der Waals surface area contributed by atoms with Crippen LogP contribution in [0.4, 0.5) is 0 Å². The van der Waals surface area contributed by atoms with Gasteiger partial charge in [-0.3, -0.25) is 0 Å². The van der Waals surface area contributed by atoms with Gasteiger partial charge in [-0.1, -0.05) is 35.5 Å². The van der Waals surface area contributed by atoms with Crippen molar-refractivity contribution in [2.75, 3.05) is 0 Å². The Kier molecular flexibility index (Phi) is 2.03. The highest BCUT2D eigenvalue weighted by molar-refractivity contribution is 6.01. The molecule has 0 amide bonds. The monoisotopic (exact) mass is 248 g/mol. The van der Waals surface area contributed by atoms with Crippen molar-refractivity contribution in [1.29, 1.82) is 0 Å². The van der Waals surface area contributed by atoms with Crippen LogP contribution in [0.2, 0.25) is 0 Å². The summed E-state index contributed by atoms with van der Waals surface area (Å²) in [5.41, 5.74) is 3.52. The summed E-state index contributed by atoms with van der Waals surface area (Å²) in [6.45, 7) is 0.867. The molecular weight excluding hydrogens is 236 g/mol. The molecular formula is C16H12N2O. The van der Waals surface area contributed by atoms with Crippen molar-refractivity contribution in [3.8, 4) is 11.3 Å². The van der Waals surface area contributed by atoms with E-state index in [9.17, 15) is 0 Å². The van der Waals surface area contributed by atoms with E-state index >= 15 is 0 Å². The van der Waals surface area contributed by atoms with Gasteiger partial charge >= 0.3 is 0 Å². The van der Waals surface area contributed by atoms with Crippen molar-refractivity contribution in [1.82, 2.24) is 4.57 Å². The molecule has 4 rings (SSSR count). The van der Waals surface area contributed by atoms with Crippen LogP contribution in [0.25, 0.3) is 28.1 Å². The highest BCUT2D eigenvalue weighted by Gasteiger charge is 2.17. The molecule has 3 aliphatic rings. The molecule has 0 bridgehead atoms. The quantitative estimate of drug-likeness (QED) is 0.370. The Bertz CT molecular complexity index is 858. The molecule has 1 aromatic carbocycles. The Balaban J connectivity index is 2.28. The normalized spacial score (nSPS) is 14.4. The van der Waals surface area contributed by atoms with E-state index in [1.807, 2.05) is 18.2 Å². The number of pyridine rings is 1. The minimum atomic E-state index is 0.587. The summed E-state index contributed by atoms with van der Waals surface area (Å²) in [6.07, 6.45) is 4.31. The number of allylic oxidation sites excluding steroid dienone is 1. The Labute approximate surface area is 110 Å². The van der Waals surface area contributed by atoms with Gasteiger partial charge in [0.1, 0.15) is 5.36 Å². The highest BCUT2D eigenvalue weighted by atomic mass is 16.4. The molecule has 1 aromatic rings. The Morgan fingerprint density at radius 1 is 1.05 bits per heavy atom. The van der Waals surface area contributed by atoms with E-state index in [-0.39, 0.29) is 0 Å². The second-order valence-electron chi connectivity index (χ2n) is 4.75. The number of hydrogen-bond donors (Lipinski definition) is 1. The summed E-state index contributed by atoms with van der Waals surface area (Å²) < 4.78 is 2.26. The number of hydrogen-bond acceptors (Lipinski definition) is 2. The molecule has 3 nitrogen and oxygen atoms in total. The van der Waals surface area contributed by atoms with Gasteiger partial charge in [-0.05, 0) is 29.7 Å². The van der Waals surface area contributed by atoms with E-state index in [1.54, 1.807) is 0 Å². The lowest BCUT2D eigenvalue weighted by Gasteiger charge is -2.18. The van der Waals surface area contributed by atoms with Crippen LogP contribution in [0.5, 0.6) is 0 Å². The fourth-order valence-corrected chi connectivity index (χ4v) is 2.90. The van der Waals surface area contributed by atoms with Gasteiger partial charge in [0.15, 0.2) is 0 Å². The third kappa shape index (κ3) is 1.35. The summed E-state index contributed by atoms with van der Waals surface area (Å²) in [5, 5.41) is 15.3. The molecule has 19 heavy (non-hydrogen) atoms. The second-order valence-corrected chi connectivity index (χ2v) is 4.75. The zero-order valence-corrected chi connectivity index (χ0v) is 10.2. The van der Waals surface area contributed by atoms with Crippen LogP contribution in [0.15, 0.2) is 53.7 Å². The van der Waals surface area contributed by atoms with Crippen LogP contribution >= 0.6 is 0 Å². The number of rotatable bonds is 0. The first-order chi connectivity index (χ1) is 9.38. The Morgan fingerprint density at radius 3 is 2.74 bits per heavy atom. The molecule has 0 unspecified atom stereocenters. The molecule has 3 heteroatoms. The lowest BCUT2D eigenvalue weighted by molar-refractivity contribution is 0.302. The molecule has 0 aromatic heterocycles. The SMILES string of the molecule is ON=c1ccc2c3ccccc3c3n(c-2c1)CC=C3. The fourth-order valence-electron chi connectivity index (χ4n) is 2.90. The highest BCUT2D eigenvalue weighted by Crippen LogP contribution is 2.35. The molecule has 0 atom stereocenters. The van der Waals surface area contributed by atoms with Gasteiger partial charge in [-0.2, -0.15) is 0 Å². The summed E-state index contributed by atoms with van der Waals surface area (Å²) in [5.74, 6) is 0. The van der Waals surface area contributed by atoms with E-state index in [0.29, 0.717) is 5.36 Å². The van der Waals surface area contributed by atoms with Crippen LogP contribution in [-0.2, 0) is 6.54 Å². The summed E-state index contributed by atoms with van der Waals surface area (Å²) in [7, 11) is 0. The van der Waals surface area contributed by atoms with Crippen molar-refractivity contribution in [3.05, 3.63) is 59.6 Å². The third-order valence-electron chi connectivity index (χ3n) is 3.74. The van der Waals surface area contributed by atoms with E-state index in [1.165, 1.54) is 22.0 Å². The molecule has 0 spiro atoms. The van der Waals surface area contributed by atoms with E-state index in [4.69, 9.17) is 5.21 Å². The van der Waals surface area contributed by atoms with Gasteiger partial charge in [0.25, 0.3) is 0 Å². The molecule has 0 saturated heterocycles. The average Bonchev–Trinajstić information content (AvgIpc) is 2.97. The zero-order chi connectivity index (χ0) is 12.8. The first kappa shape index (κ1) is 10.4. The van der Waals surface area contributed by atoms with Crippen LogP contribution in [0.3, 0.4) is 0 Å². The second kappa shape index (κ2) is 3.72. The third-order valence-corrected chi connectivity index (χ3v) is 3.74. The number of benzene rings is 2. The van der Waals surface area contributed by atoms with Gasteiger partial charge in [0.2, 0.25) is 0 Å². The minimum Gasteiger partial charge on any atom is -0.410 e. The summed E-state index contributed by atoms with van der Waals surface area (Å²) in [6, 6.07) is 14.2.